The van der Waals surface area contributed by atoms with Crippen LogP contribution in [0.4, 0.5) is 11.4 Å². The van der Waals surface area contributed by atoms with Crippen LogP contribution in [-0.2, 0) is 19.7 Å². The van der Waals surface area contributed by atoms with Gasteiger partial charge in [-0.3, -0.25) is 19.0 Å². The van der Waals surface area contributed by atoms with Crippen LogP contribution in [0.2, 0.25) is 0 Å². The van der Waals surface area contributed by atoms with Gasteiger partial charge in [0.05, 0.1) is 21.9 Å². The summed E-state index contributed by atoms with van der Waals surface area (Å²) in [5, 5.41) is 5.38. The Morgan fingerprint density at radius 3 is 2.28 bits per heavy atom. The van der Waals surface area contributed by atoms with Crippen LogP contribution in [0.1, 0.15) is 13.8 Å². The molecule has 2 aromatic rings. The molecule has 1 aliphatic rings. The third-order valence-electron chi connectivity index (χ3n) is 4.54. The Morgan fingerprint density at radius 1 is 1.03 bits per heavy atom. The number of para-hydroxylation sites is 1. The number of hydrogen-bond donors (Lipinski definition) is 1. The first-order valence-corrected chi connectivity index (χ1v) is 11.0. The molecule has 2 amide bonds. The standard InChI is InChI=1S/C23H21N3O5S/c1-17-22(11-7-4-8-16-25(18(2)27)19-9-5-3-6-10-19)23(28)26(24-17)20-12-14-21(15-13-20)32(29,30)31/h3-16H,1-2H3,(H,29,30,31)/b7-4+,16-8+,22-11-. The van der Waals surface area contributed by atoms with Gasteiger partial charge in [-0.15, -0.1) is 0 Å². The number of allylic oxidation sites excluding steroid dienone is 4. The molecule has 9 heteroatoms. The minimum Gasteiger partial charge on any atom is -0.288 e. The van der Waals surface area contributed by atoms with Gasteiger partial charge < -0.3 is 0 Å². The second kappa shape index (κ2) is 9.54. The molecule has 0 saturated carbocycles. The Hall–Kier alpha value is -3.82. The van der Waals surface area contributed by atoms with E-state index >= 15 is 0 Å². The fourth-order valence-corrected chi connectivity index (χ4v) is 3.44. The number of amides is 2. The van der Waals surface area contributed by atoms with Gasteiger partial charge in [-0.1, -0.05) is 30.4 Å². The van der Waals surface area contributed by atoms with E-state index in [1.54, 1.807) is 37.4 Å². The highest BCUT2D eigenvalue weighted by atomic mass is 32.2. The summed E-state index contributed by atoms with van der Waals surface area (Å²) in [5.41, 5.74) is 1.98. The molecule has 1 heterocycles. The summed E-state index contributed by atoms with van der Waals surface area (Å²) < 4.78 is 31.4. The lowest BCUT2D eigenvalue weighted by Crippen LogP contribution is -2.21. The first kappa shape index (κ1) is 22.9. The molecule has 0 fully saturated rings. The number of anilines is 2. The number of carbonyl (C=O) groups excluding carboxylic acids is 2. The van der Waals surface area contributed by atoms with E-state index in [1.165, 1.54) is 36.1 Å². The molecule has 1 N–H and O–H groups in total. The van der Waals surface area contributed by atoms with Crippen molar-refractivity contribution in [3.8, 4) is 0 Å². The number of nitrogens with zero attached hydrogens (tertiary/aromatic N) is 3. The van der Waals surface area contributed by atoms with Crippen LogP contribution in [0, 0.1) is 0 Å². The Labute approximate surface area is 186 Å². The van der Waals surface area contributed by atoms with Crippen molar-refractivity contribution < 1.29 is 22.6 Å². The lowest BCUT2D eigenvalue weighted by molar-refractivity contribution is -0.116. The summed E-state index contributed by atoms with van der Waals surface area (Å²) in [6.45, 7) is 3.16. The number of carbonyl (C=O) groups is 2. The van der Waals surface area contributed by atoms with Gasteiger partial charge >= 0.3 is 0 Å². The summed E-state index contributed by atoms with van der Waals surface area (Å²) in [5.74, 6) is -0.505. The third kappa shape index (κ3) is 5.26. The summed E-state index contributed by atoms with van der Waals surface area (Å²) >= 11 is 0. The maximum Gasteiger partial charge on any atom is 0.294 e. The van der Waals surface area contributed by atoms with Crippen LogP contribution in [0.25, 0.3) is 0 Å². The van der Waals surface area contributed by atoms with Crippen molar-refractivity contribution in [2.75, 3.05) is 9.91 Å². The van der Waals surface area contributed by atoms with Crippen molar-refractivity contribution in [2.24, 2.45) is 5.10 Å². The Bertz CT molecular complexity index is 1240. The summed E-state index contributed by atoms with van der Waals surface area (Å²) in [4.78, 5) is 25.8. The number of hydrogen-bond acceptors (Lipinski definition) is 5. The van der Waals surface area contributed by atoms with Gasteiger partial charge in [0, 0.05) is 18.8 Å². The second-order valence-corrected chi connectivity index (χ2v) is 8.22. The average molecular weight is 452 g/mol. The zero-order valence-electron chi connectivity index (χ0n) is 17.4. The summed E-state index contributed by atoms with van der Waals surface area (Å²) in [6.07, 6.45) is 8.28. The molecular weight excluding hydrogens is 430 g/mol. The van der Waals surface area contributed by atoms with Crippen LogP contribution >= 0.6 is 0 Å². The maximum atomic E-state index is 12.7. The molecule has 0 unspecified atom stereocenters. The molecule has 8 nitrogen and oxygen atoms in total. The summed E-state index contributed by atoms with van der Waals surface area (Å²) in [7, 11) is -4.32. The van der Waals surface area contributed by atoms with Crippen molar-refractivity contribution in [1.29, 1.82) is 0 Å². The van der Waals surface area contributed by atoms with Crippen LogP contribution in [0.15, 0.2) is 101 Å². The van der Waals surface area contributed by atoms with E-state index < -0.39 is 10.1 Å². The molecule has 164 valence electrons. The van der Waals surface area contributed by atoms with E-state index in [0.717, 1.165) is 10.7 Å². The highest BCUT2D eigenvalue weighted by molar-refractivity contribution is 7.85. The molecule has 0 atom stereocenters. The van der Waals surface area contributed by atoms with Crippen LogP contribution in [0.5, 0.6) is 0 Å². The topological polar surface area (TPSA) is 107 Å². The fourth-order valence-electron chi connectivity index (χ4n) is 2.96. The Balaban J connectivity index is 1.72. The van der Waals surface area contributed by atoms with Gasteiger partial charge in [-0.05, 0) is 55.5 Å². The fraction of sp³-hybridized carbons (Fsp3) is 0.0870. The van der Waals surface area contributed by atoms with Crippen molar-refractivity contribution in [3.05, 3.63) is 90.7 Å². The second-order valence-electron chi connectivity index (χ2n) is 6.80. The first-order chi connectivity index (χ1) is 15.2. The van der Waals surface area contributed by atoms with Crippen molar-refractivity contribution in [2.45, 2.75) is 18.7 Å². The van der Waals surface area contributed by atoms with Gasteiger partial charge in [-0.25, -0.2) is 0 Å². The molecule has 1 aliphatic heterocycles. The lowest BCUT2D eigenvalue weighted by Gasteiger charge is -2.15. The van der Waals surface area contributed by atoms with Gasteiger partial charge in [0.25, 0.3) is 16.0 Å². The smallest absolute Gasteiger partial charge is 0.288 e. The van der Waals surface area contributed by atoms with Crippen molar-refractivity contribution in [3.63, 3.8) is 0 Å². The molecule has 0 aromatic heterocycles. The zero-order valence-corrected chi connectivity index (χ0v) is 18.2. The van der Waals surface area contributed by atoms with Crippen molar-refractivity contribution in [1.82, 2.24) is 0 Å². The molecule has 3 rings (SSSR count). The van der Waals surface area contributed by atoms with Crippen molar-refractivity contribution >= 4 is 39.0 Å². The predicted octanol–water partition coefficient (Wildman–Crippen LogP) is 3.71. The van der Waals surface area contributed by atoms with E-state index in [2.05, 4.69) is 5.10 Å². The highest BCUT2D eigenvalue weighted by Gasteiger charge is 2.28. The van der Waals surface area contributed by atoms with Gasteiger partial charge in [0.1, 0.15) is 0 Å². The molecule has 0 aliphatic carbocycles. The summed E-state index contributed by atoms with van der Waals surface area (Å²) in [6, 6.07) is 14.4. The van der Waals surface area contributed by atoms with E-state index in [1.807, 2.05) is 30.3 Å². The predicted molar refractivity (Wildman–Crippen MR) is 123 cm³/mol. The van der Waals surface area contributed by atoms with Gasteiger partial charge in [0.2, 0.25) is 5.91 Å². The minimum atomic E-state index is -4.32. The monoisotopic (exact) mass is 451 g/mol. The molecule has 0 bridgehead atoms. The largest absolute Gasteiger partial charge is 0.294 e. The first-order valence-electron chi connectivity index (χ1n) is 9.56. The maximum absolute atomic E-state index is 12.7. The van der Waals surface area contributed by atoms with E-state index in [0.29, 0.717) is 17.0 Å². The van der Waals surface area contributed by atoms with Crippen LogP contribution < -0.4 is 9.91 Å². The van der Waals surface area contributed by atoms with Gasteiger partial charge in [-0.2, -0.15) is 18.5 Å². The molecule has 0 saturated heterocycles. The Morgan fingerprint density at radius 2 is 1.69 bits per heavy atom. The zero-order chi connectivity index (χ0) is 23.3. The number of benzene rings is 2. The molecule has 32 heavy (non-hydrogen) atoms. The quantitative estimate of drug-likeness (QED) is 0.409. The van der Waals surface area contributed by atoms with Gasteiger partial charge in [0.15, 0.2) is 0 Å². The molecule has 0 spiro atoms. The lowest BCUT2D eigenvalue weighted by atomic mass is 10.1. The molecule has 0 radical (unpaired) electrons. The molecule has 2 aromatic carbocycles. The third-order valence-corrected chi connectivity index (χ3v) is 5.40. The van der Waals surface area contributed by atoms with E-state index in [-0.39, 0.29) is 16.7 Å². The van der Waals surface area contributed by atoms with E-state index in [9.17, 15) is 18.0 Å². The normalized spacial score (nSPS) is 15.7. The Kier molecular flexibility index (Phi) is 6.82. The highest BCUT2D eigenvalue weighted by Crippen LogP contribution is 2.25. The number of rotatable bonds is 6. The average Bonchev–Trinajstić information content (AvgIpc) is 3.04. The van der Waals surface area contributed by atoms with E-state index in [4.69, 9.17) is 4.55 Å². The SMILES string of the molecule is CC(=O)N(/C=C/C=C/C=C1\C(=O)N(c2ccc(S(=O)(=O)O)cc2)N=C1C)c1ccccc1. The van der Waals surface area contributed by atoms with Crippen LogP contribution in [-0.4, -0.2) is 30.5 Å². The number of hydrazone groups is 1. The van der Waals surface area contributed by atoms with Crippen LogP contribution in [0.3, 0.4) is 0 Å². The minimum absolute atomic E-state index is 0.135. The molecular formula is C23H21N3O5S.